The maximum absolute atomic E-state index is 5.62. The Kier molecular flexibility index (Phi) is 4.13. The molecule has 3 rings (SSSR count). The van der Waals surface area contributed by atoms with Crippen LogP contribution < -0.4 is 5.32 Å². The van der Waals surface area contributed by atoms with Crippen LogP contribution in [0.25, 0.3) is 0 Å². The number of hydrogen-bond acceptors (Lipinski definition) is 4. The summed E-state index contributed by atoms with van der Waals surface area (Å²) in [6.45, 7) is 11.7. The average molecular weight is 267 g/mol. The Labute approximate surface area is 117 Å². The van der Waals surface area contributed by atoms with E-state index in [0.717, 1.165) is 32.2 Å². The first-order valence-corrected chi connectivity index (χ1v) is 7.91. The van der Waals surface area contributed by atoms with Gasteiger partial charge in [0.15, 0.2) is 0 Å². The maximum atomic E-state index is 5.62. The molecule has 3 heterocycles. The van der Waals surface area contributed by atoms with Gasteiger partial charge < -0.3 is 15.0 Å². The summed E-state index contributed by atoms with van der Waals surface area (Å²) < 4.78 is 5.62. The van der Waals surface area contributed by atoms with Gasteiger partial charge in [-0.15, -0.1) is 0 Å². The number of piperazine rings is 1. The molecule has 0 spiro atoms. The minimum absolute atomic E-state index is 0.481. The normalized spacial score (nSPS) is 34.1. The van der Waals surface area contributed by atoms with Crippen molar-refractivity contribution in [3.8, 4) is 0 Å². The molecule has 4 nitrogen and oxygen atoms in total. The molecule has 3 saturated heterocycles. The predicted molar refractivity (Wildman–Crippen MR) is 77.4 cm³/mol. The molecular formula is C15H29N3O. The van der Waals surface area contributed by atoms with E-state index in [1.54, 1.807) is 0 Å². The summed E-state index contributed by atoms with van der Waals surface area (Å²) >= 11 is 0. The van der Waals surface area contributed by atoms with Crippen molar-refractivity contribution in [1.82, 2.24) is 15.1 Å². The molecule has 2 atom stereocenters. The van der Waals surface area contributed by atoms with Crippen LogP contribution in [0, 0.1) is 11.3 Å². The molecule has 0 aromatic carbocycles. The Morgan fingerprint density at radius 1 is 1.26 bits per heavy atom. The number of hydrogen-bond donors (Lipinski definition) is 1. The molecule has 0 amide bonds. The summed E-state index contributed by atoms with van der Waals surface area (Å²) in [7, 11) is 2.26. The van der Waals surface area contributed by atoms with Gasteiger partial charge in [0.1, 0.15) is 0 Å². The van der Waals surface area contributed by atoms with Crippen LogP contribution in [-0.2, 0) is 4.74 Å². The molecule has 3 fully saturated rings. The quantitative estimate of drug-likeness (QED) is 0.809. The summed E-state index contributed by atoms with van der Waals surface area (Å²) in [5.41, 5.74) is 0.481. The average Bonchev–Trinajstić information content (AvgIpc) is 2.81. The lowest BCUT2D eigenvalue weighted by Crippen LogP contribution is -2.55. The third-order valence-electron chi connectivity index (χ3n) is 5.51. The van der Waals surface area contributed by atoms with Crippen molar-refractivity contribution < 1.29 is 4.74 Å². The molecule has 0 aliphatic carbocycles. The Bertz CT molecular complexity index is 300. The first-order chi connectivity index (χ1) is 9.20. The lowest BCUT2D eigenvalue weighted by molar-refractivity contribution is -0.156. The Morgan fingerprint density at radius 2 is 2.00 bits per heavy atom. The van der Waals surface area contributed by atoms with Gasteiger partial charge in [0.25, 0.3) is 0 Å². The van der Waals surface area contributed by atoms with Crippen LogP contribution in [0.3, 0.4) is 0 Å². The third-order valence-corrected chi connectivity index (χ3v) is 5.51. The molecule has 2 unspecified atom stereocenters. The Morgan fingerprint density at radius 3 is 2.53 bits per heavy atom. The Hall–Kier alpha value is -0.160. The van der Waals surface area contributed by atoms with E-state index in [9.17, 15) is 0 Å². The molecule has 0 aromatic rings. The molecule has 0 bridgehead atoms. The summed E-state index contributed by atoms with van der Waals surface area (Å²) in [6.07, 6.45) is 2.69. The second kappa shape index (κ2) is 5.68. The number of ether oxygens (including phenoxy) is 1. The molecule has 4 heteroatoms. The van der Waals surface area contributed by atoms with Gasteiger partial charge in [-0.1, -0.05) is 0 Å². The van der Waals surface area contributed by atoms with Gasteiger partial charge in [0.05, 0.1) is 13.2 Å². The largest absolute Gasteiger partial charge is 0.380 e. The van der Waals surface area contributed by atoms with Gasteiger partial charge in [-0.3, -0.25) is 4.90 Å². The minimum atomic E-state index is 0.481. The highest BCUT2D eigenvalue weighted by molar-refractivity contribution is 4.98. The summed E-state index contributed by atoms with van der Waals surface area (Å²) in [5, 5.41) is 3.45. The molecule has 0 aromatic heterocycles. The van der Waals surface area contributed by atoms with Crippen LogP contribution >= 0.6 is 0 Å². The molecule has 3 aliphatic rings. The molecular weight excluding hydrogens is 238 g/mol. The van der Waals surface area contributed by atoms with Crippen LogP contribution in [0.1, 0.15) is 19.8 Å². The van der Waals surface area contributed by atoms with E-state index >= 15 is 0 Å². The zero-order chi connectivity index (χ0) is 13.3. The first-order valence-electron chi connectivity index (χ1n) is 7.91. The summed E-state index contributed by atoms with van der Waals surface area (Å²) in [4.78, 5) is 5.15. The van der Waals surface area contributed by atoms with E-state index in [4.69, 9.17) is 4.74 Å². The lowest BCUT2D eigenvalue weighted by Gasteiger charge is -2.49. The zero-order valence-corrected chi connectivity index (χ0v) is 12.5. The minimum Gasteiger partial charge on any atom is -0.380 e. The van der Waals surface area contributed by atoms with Crippen molar-refractivity contribution >= 4 is 0 Å². The molecule has 110 valence electrons. The van der Waals surface area contributed by atoms with Gasteiger partial charge in [-0.2, -0.15) is 0 Å². The lowest BCUT2D eigenvalue weighted by atomic mass is 9.69. The Balaban J connectivity index is 1.59. The van der Waals surface area contributed by atoms with Crippen LogP contribution in [-0.4, -0.2) is 75.4 Å². The first kappa shape index (κ1) is 13.8. The van der Waals surface area contributed by atoms with Gasteiger partial charge in [0, 0.05) is 44.2 Å². The monoisotopic (exact) mass is 267 g/mol. The third kappa shape index (κ3) is 2.82. The SMILES string of the molecule is CC(CC1(C2CCN(C)C2)COC1)N1CCNCC1. The number of rotatable bonds is 4. The van der Waals surface area contributed by atoms with E-state index in [2.05, 4.69) is 29.1 Å². The molecule has 0 radical (unpaired) electrons. The van der Waals surface area contributed by atoms with Crippen LogP contribution in [0.5, 0.6) is 0 Å². The number of nitrogens with zero attached hydrogens (tertiary/aromatic N) is 2. The van der Waals surface area contributed by atoms with E-state index in [-0.39, 0.29) is 0 Å². The van der Waals surface area contributed by atoms with Crippen LogP contribution in [0.2, 0.25) is 0 Å². The molecule has 3 aliphatic heterocycles. The number of nitrogens with one attached hydrogen (secondary N) is 1. The van der Waals surface area contributed by atoms with Crippen LogP contribution in [0.15, 0.2) is 0 Å². The van der Waals surface area contributed by atoms with Crippen LogP contribution in [0.4, 0.5) is 0 Å². The fourth-order valence-corrected chi connectivity index (χ4v) is 4.16. The van der Waals surface area contributed by atoms with Crippen molar-refractivity contribution in [3.63, 3.8) is 0 Å². The highest BCUT2D eigenvalue weighted by Gasteiger charge is 2.48. The molecule has 19 heavy (non-hydrogen) atoms. The van der Waals surface area contributed by atoms with Gasteiger partial charge in [-0.05, 0) is 39.3 Å². The van der Waals surface area contributed by atoms with E-state index in [1.807, 2.05) is 0 Å². The van der Waals surface area contributed by atoms with Crippen molar-refractivity contribution in [2.75, 3.05) is 59.5 Å². The highest BCUT2D eigenvalue weighted by atomic mass is 16.5. The van der Waals surface area contributed by atoms with Crippen molar-refractivity contribution in [2.45, 2.75) is 25.8 Å². The number of likely N-dealkylation sites (tertiary alicyclic amines) is 1. The second-order valence-corrected chi connectivity index (χ2v) is 6.94. The van der Waals surface area contributed by atoms with Crippen molar-refractivity contribution in [3.05, 3.63) is 0 Å². The second-order valence-electron chi connectivity index (χ2n) is 6.94. The van der Waals surface area contributed by atoms with E-state index < -0.39 is 0 Å². The topological polar surface area (TPSA) is 27.7 Å². The zero-order valence-electron chi connectivity index (χ0n) is 12.5. The molecule has 0 saturated carbocycles. The molecule has 1 N–H and O–H groups in total. The smallest absolute Gasteiger partial charge is 0.0548 e. The summed E-state index contributed by atoms with van der Waals surface area (Å²) in [6, 6.07) is 0.705. The predicted octanol–water partition coefficient (Wildman–Crippen LogP) is 0.639. The summed E-state index contributed by atoms with van der Waals surface area (Å²) in [5.74, 6) is 0.858. The van der Waals surface area contributed by atoms with E-state index in [0.29, 0.717) is 11.5 Å². The fourth-order valence-electron chi connectivity index (χ4n) is 4.16. The highest BCUT2D eigenvalue weighted by Crippen LogP contribution is 2.44. The van der Waals surface area contributed by atoms with Crippen molar-refractivity contribution in [2.24, 2.45) is 11.3 Å². The van der Waals surface area contributed by atoms with E-state index in [1.165, 1.54) is 39.0 Å². The van der Waals surface area contributed by atoms with Gasteiger partial charge in [-0.25, -0.2) is 0 Å². The van der Waals surface area contributed by atoms with Gasteiger partial charge in [0.2, 0.25) is 0 Å². The maximum Gasteiger partial charge on any atom is 0.0548 e. The fraction of sp³-hybridized carbons (Fsp3) is 1.00. The van der Waals surface area contributed by atoms with Crippen molar-refractivity contribution in [1.29, 1.82) is 0 Å². The van der Waals surface area contributed by atoms with Gasteiger partial charge >= 0.3 is 0 Å². The standard InChI is InChI=1S/C15H29N3O/c1-13(18-7-4-16-5-8-18)9-15(11-19-12-15)14-3-6-17(2)10-14/h13-14,16H,3-12H2,1-2H3.